The van der Waals surface area contributed by atoms with E-state index >= 15 is 0 Å². The maximum Gasteiger partial charge on any atom is 0.322 e. The summed E-state index contributed by atoms with van der Waals surface area (Å²) in [5.74, 6) is 1.90. The van der Waals surface area contributed by atoms with Crippen LogP contribution in [0.1, 0.15) is 17.3 Å². The number of carbonyl (C=O) groups is 1. The molecule has 156 valence electrons. The Labute approximate surface area is 175 Å². The number of amides is 2. The molecular formula is C23H25N3O4. The zero-order chi connectivity index (χ0) is 21.1. The molecule has 0 aliphatic carbocycles. The number of rotatable bonds is 5. The van der Waals surface area contributed by atoms with Gasteiger partial charge in [-0.25, -0.2) is 4.79 Å². The Morgan fingerprint density at radius 3 is 2.43 bits per heavy atom. The third kappa shape index (κ3) is 3.54. The Balaban J connectivity index is 1.71. The first kappa shape index (κ1) is 19.7. The van der Waals surface area contributed by atoms with Gasteiger partial charge in [-0.15, -0.1) is 0 Å². The molecule has 1 aromatic heterocycles. The summed E-state index contributed by atoms with van der Waals surface area (Å²) in [6.45, 7) is 1.30. The van der Waals surface area contributed by atoms with Gasteiger partial charge in [-0.1, -0.05) is 18.2 Å². The first-order valence-electron chi connectivity index (χ1n) is 9.74. The molecule has 0 saturated carbocycles. The molecule has 0 radical (unpaired) electrons. The SMILES string of the molecule is COc1ccccc1NC(=O)N1CCn2cccc2[C@@H]1c1ccc(OC)c(OC)c1. The Bertz CT molecular complexity index is 1050. The number of ether oxygens (including phenoxy) is 3. The van der Waals surface area contributed by atoms with Crippen LogP contribution in [-0.2, 0) is 6.54 Å². The van der Waals surface area contributed by atoms with Crippen LogP contribution in [-0.4, -0.2) is 43.4 Å². The summed E-state index contributed by atoms with van der Waals surface area (Å²) in [5, 5.41) is 3.00. The highest BCUT2D eigenvalue weighted by Crippen LogP contribution is 2.37. The van der Waals surface area contributed by atoms with E-state index < -0.39 is 0 Å². The van der Waals surface area contributed by atoms with Gasteiger partial charge in [0.25, 0.3) is 0 Å². The van der Waals surface area contributed by atoms with Crippen LogP contribution in [0.5, 0.6) is 17.2 Å². The Morgan fingerprint density at radius 2 is 1.67 bits per heavy atom. The van der Waals surface area contributed by atoms with Gasteiger partial charge in [0.05, 0.1) is 33.1 Å². The molecule has 1 N–H and O–H groups in total. The Morgan fingerprint density at radius 1 is 0.900 bits per heavy atom. The lowest BCUT2D eigenvalue weighted by Gasteiger charge is -2.37. The van der Waals surface area contributed by atoms with Gasteiger partial charge in [0.15, 0.2) is 11.5 Å². The van der Waals surface area contributed by atoms with E-state index in [9.17, 15) is 4.79 Å². The molecule has 4 rings (SSSR count). The minimum atomic E-state index is -0.261. The normalized spacial score (nSPS) is 15.3. The van der Waals surface area contributed by atoms with Gasteiger partial charge in [-0.05, 0) is 42.0 Å². The molecule has 0 spiro atoms. The molecular weight excluding hydrogens is 382 g/mol. The quantitative estimate of drug-likeness (QED) is 0.690. The standard InChI is InChI=1S/C23H25N3O4/c1-28-19-9-5-4-7-17(19)24-23(27)26-14-13-25-12-6-8-18(25)22(26)16-10-11-20(29-2)21(15-16)30-3/h4-12,15,22H,13-14H2,1-3H3,(H,24,27)/t22-/m0/s1. The number of nitrogens with one attached hydrogen (secondary N) is 1. The summed E-state index contributed by atoms with van der Waals surface area (Å²) in [7, 11) is 4.80. The van der Waals surface area contributed by atoms with Gasteiger partial charge in [-0.2, -0.15) is 0 Å². The molecule has 2 heterocycles. The van der Waals surface area contributed by atoms with Crippen molar-refractivity contribution >= 4 is 11.7 Å². The second kappa shape index (κ2) is 8.41. The van der Waals surface area contributed by atoms with Crippen LogP contribution in [0.3, 0.4) is 0 Å². The third-order valence-corrected chi connectivity index (χ3v) is 5.37. The highest BCUT2D eigenvalue weighted by molar-refractivity contribution is 5.91. The lowest BCUT2D eigenvalue weighted by molar-refractivity contribution is 0.181. The van der Waals surface area contributed by atoms with Crippen molar-refractivity contribution < 1.29 is 19.0 Å². The van der Waals surface area contributed by atoms with Crippen LogP contribution in [0.4, 0.5) is 10.5 Å². The number of carbonyl (C=O) groups excluding carboxylic acids is 1. The van der Waals surface area contributed by atoms with Crippen LogP contribution in [0.25, 0.3) is 0 Å². The van der Waals surface area contributed by atoms with Crippen molar-refractivity contribution in [3.8, 4) is 17.2 Å². The van der Waals surface area contributed by atoms with E-state index in [1.807, 2.05) is 65.7 Å². The molecule has 3 aromatic rings. The fourth-order valence-corrected chi connectivity index (χ4v) is 3.91. The van der Waals surface area contributed by atoms with Crippen LogP contribution in [0.15, 0.2) is 60.8 Å². The monoisotopic (exact) mass is 407 g/mol. The average molecular weight is 407 g/mol. The summed E-state index contributed by atoms with van der Waals surface area (Å²) in [4.78, 5) is 15.2. The van der Waals surface area contributed by atoms with Crippen molar-refractivity contribution in [3.05, 3.63) is 72.1 Å². The molecule has 0 fully saturated rings. The van der Waals surface area contributed by atoms with Crippen LogP contribution < -0.4 is 19.5 Å². The molecule has 1 atom stereocenters. The molecule has 2 aromatic carbocycles. The number of nitrogens with zero attached hydrogens (tertiary/aromatic N) is 2. The van der Waals surface area contributed by atoms with E-state index in [2.05, 4.69) is 9.88 Å². The van der Waals surface area contributed by atoms with E-state index in [1.165, 1.54) is 0 Å². The molecule has 1 aliphatic heterocycles. The summed E-state index contributed by atoms with van der Waals surface area (Å²) < 4.78 is 18.4. The highest BCUT2D eigenvalue weighted by Gasteiger charge is 2.33. The van der Waals surface area contributed by atoms with Crippen molar-refractivity contribution in [2.24, 2.45) is 0 Å². The zero-order valence-corrected chi connectivity index (χ0v) is 17.3. The number of hydrogen-bond acceptors (Lipinski definition) is 4. The molecule has 0 bridgehead atoms. The van der Waals surface area contributed by atoms with Gasteiger partial charge in [0.2, 0.25) is 0 Å². The van der Waals surface area contributed by atoms with E-state index in [1.54, 1.807) is 21.3 Å². The highest BCUT2D eigenvalue weighted by atomic mass is 16.5. The van der Waals surface area contributed by atoms with Gasteiger partial charge in [0, 0.05) is 25.0 Å². The smallest absolute Gasteiger partial charge is 0.322 e. The van der Waals surface area contributed by atoms with Crippen molar-refractivity contribution in [1.82, 2.24) is 9.47 Å². The number of anilines is 1. The van der Waals surface area contributed by atoms with Gasteiger partial charge < -0.3 is 29.0 Å². The minimum absolute atomic E-state index is 0.188. The zero-order valence-electron chi connectivity index (χ0n) is 17.3. The largest absolute Gasteiger partial charge is 0.495 e. The lowest BCUT2D eigenvalue weighted by atomic mass is 9.99. The second-order valence-corrected chi connectivity index (χ2v) is 6.97. The first-order chi connectivity index (χ1) is 14.7. The molecule has 30 heavy (non-hydrogen) atoms. The number of urea groups is 1. The maximum absolute atomic E-state index is 13.3. The van der Waals surface area contributed by atoms with Crippen molar-refractivity contribution in [3.63, 3.8) is 0 Å². The van der Waals surface area contributed by atoms with Crippen molar-refractivity contribution in [2.45, 2.75) is 12.6 Å². The topological polar surface area (TPSA) is 65.0 Å². The van der Waals surface area contributed by atoms with Gasteiger partial charge >= 0.3 is 6.03 Å². The Hall–Kier alpha value is -3.61. The molecule has 1 aliphatic rings. The third-order valence-electron chi connectivity index (χ3n) is 5.37. The van der Waals surface area contributed by atoms with Crippen molar-refractivity contribution in [2.75, 3.05) is 33.2 Å². The first-order valence-corrected chi connectivity index (χ1v) is 9.74. The predicted octanol–water partition coefficient (Wildman–Crippen LogP) is 4.15. The molecule has 0 unspecified atom stereocenters. The fourth-order valence-electron chi connectivity index (χ4n) is 3.91. The number of benzene rings is 2. The predicted molar refractivity (Wildman–Crippen MR) is 115 cm³/mol. The van der Waals surface area contributed by atoms with Gasteiger partial charge in [-0.3, -0.25) is 0 Å². The Kier molecular flexibility index (Phi) is 5.52. The number of fused-ring (bicyclic) bond motifs is 1. The van der Waals surface area contributed by atoms with Crippen LogP contribution in [0, 0.1) is 0 Å². The number of para-hydroxylation sites is 2. The number of methoxy groups -OCH3 is 3. The van der Waals surface area contributed by atoms with E-state index in [4.69, 9.17) is 14.2 Å². The summed E-state index contributed by atoms with van der Waals surface area (Å²) in [6.07, 6.45) is 2.04. The summed E-state index contributed by atoms with van der Waals surface area (Å²) in [5.41, 5.74) is 2.63. The average Bonchev–Trinajstić information content (AvgIpc) is 3.27. The second-order valence-electron chi connectivity index (χ2n) is 6.97. The van der Waals surface area contributed by atoms with E-state index in [0.717, 1.165) is 17.8 Å². The van der Waals surface area contributed by atoms with Gasteiger partial charge in [0.1, 0.15) is 5.75 Å². The number of hydrogen-bond donors (Lipinski definition) is 1. The fraction of sp³-hybridized carbons (Fsp3) is 0.261. The van der Waals surface area contributed by atoms with Crippen molar-refractivity contribution in [1.29, 1.82) is 0 Å². The van der Waals surface area contributed by atoms with Crippen LogP contribution >= 0.6 is 0 Å². The number of aromatic nitrogens is 1. The summed E-state index contributed by atoms with van der Waals surface area (Å²) >= 11 is 0. The molecule has 0 saturated heterocycles. The van der Waals surface area contributed by atoms with E-state index in [-0.39, 0.29) is 12.1 Å². The summed E-state index contributed by atoms with van der Waals surface area (Å²) in [6, 6.07) is 16.8. The molecule has 7 nitrogen and oxygen atoms in total. The van der Waals surface area contributed by atoms with Crippen LogP contribution in [0.2, 0.25) is 0 Å². The minimum Gasteiger partial charge on any atom is -0.495 e. The maximum atomic E-state index is 13.3. The molecule has 7 heteroatoms. The lowest BCUT2D eigenvalue weighted by Crippen LogP contribution is -2.44. The molecule has 2 amide bonds. The van der Waals surface area contributed by atoms with E-state index in [0.29, 0.717) is 29.5 Å².